The number of benzene rings is 5. The van der Waals surface area contributed by atoms with Gasteiger partial charge in [-0.2, -0.15) is 0 Å². The summed E-state index contributed by atoms with van der Waals surface area (Å²) in [7, 11) is 0. The van der Waals surface area contributed by atoms with Crippen LogP contribution in [-0.4, -0.2) is 27.2 Å². The van der Waals surface area contributed by atoms with E-state index in [0.717, 1.165) is 56.3 Å². The van der Waals surface area contributed by atoms with Crippen LogP contribution in [0.15, 0.2) is 156 Å². The molecule has 1 N–H and O–H groups in total. The summed E-state index contributed by atoms with van der Waals surface area (Å²) in [6, 6.07) is 45.0. The number of carboxylic acids is 1. The molecule has 0 spiro atoms. The zero-order chi connectivity index (χ0) is 36.1. The van der Waals surface area contributed by atoms with Crippen LogP contribution in [0.3, 0.4) is 0 Å². The molecule has 7 aromatic rings. The Morgan fingerprint density at radius 2 is 1.43 bits per heavy atom. The first-order chi connectivity index (χ1) is 25.4. The SMILES string of the molecule is C.C#Cc1cccc(OCc2ccccc2)c1.Cc1oc(-c2ccccc2)nc1CCOc1cccc(-c2cn(-c3ccccc3)cc2CC(=O)O)c1. The minimum absolute atomic E-state index is 0. The number of aromatic nitrogens is 2. The predicted octanol–water partition coefficient (Wildman–Crippen LogP) is 10.2. The van der Waals surface area contributed by atoms with Crippen molar-refractivity contribution in [1.82, 2.24) is 9.55 Å². The van der Waals surface area contributed by atoms with E-state index in [1.807, 2.05) is 163 Å². The van der Waals surface area contributed by atoms with Crippen molar-refractivity contribution in [2.24, 2.45) is 0 Å². The van der Waals surface area contributed by atoms with Gasteiger partial charge in [0.1, 0.15) is 23.9 Å². The molecule has 0 saturated heterocycles. The van der Waals surface area contributed by atoms with E-state index >= 15 is 0 Å². The number of carboxylic acid groups (broad SMARTS) is 1. The van der Waals surface area contributed by atoms with E-state index in [-0.39, 0.29) is 13.8 Å². The summed E-state index contributed by atoms with van der Waals surface area (Å²) in [5, 5.41) is 9.45. The predicted molar refractivity (Wildman–Crippen MR) is 210 cm³/mol. The van der Waals surface area contributed by atoms with E-state index in [0.29, 0.717) is 31.3 Å². The summed E-state index contributed by atoms with van der Waals surface area (Å²) >= 11 is 0. The molecule has 5 aromatic carbocycles. The Morgan fingerprint density at radius 3 is 2.13 bits per heavy atom. The number of nitrogens with zero attached hydrogens (tertiary/aromatic N) is 2. The summed E-state index contributed by atoms with van der Waals surface area (Å²) in [5.74, 6) is 4.63. The van der Waals surface area contributed by atoms with Gasteiger partial charge in [0.15, 0.2) is 0 Å². The van der Waals surface area contributed by atoms with Crippen molar-refractivity contribution in [1.29, 1.82) is 0 Å². The van der Waals surface area contributed by atoms with Crippen molar-refractivity contribution in [3.63, 3.8) is 0 Å². The number of ether oxygens (including phenoxy) is 2. The Balaban J connectivity index is 0.000000267. The lowest BCUT2D eigenvalue weighted by Gasteiger charge is -2.08. The Bertz CT molecular complexity index is 2250. The number of aryl methyl sites for hydroxylation is 1. The van der Waals surface area contributed by atoms with Gasteiger partial charge in [0.2, 0.25) is 5.89 Å². The maximum Gasteiger partial charge on any atom is 0.307 e. The van der Waals surface area contributed by atoms with Gasteiger partial charge in [-0.05, 0) is 78.2 Å². The fourth-order valence-corrected chi connectivity index (χ4v) is 5.61. The number of para-hydroxylation sites is 1. The van der Waals surface area contributed by atoms with E-state index in [1.54, 1.807) is 0 Å². The molecule has 53 heavy (non-hydrogen) atoms. The second kappa shape index (κ2) is 18.5. The minimum atomic E-state index is -0.868. The molecule has 0 fully saturated rings. The van der Waals surface area contributed by atoms with Crippen molar-refractivity contribution in [3.8, 4) is 52.1 Å². The average molecular weight is 703 g/mol. The van der Waals surface area contributed by atoms with Crippen LogP contribution in [0.2, 0.25) is 0 Å². The van der Waals surface area contributed by atoms with E-state index in [2.05, 4.69) is 10.9 Å². The van der Waals surface area contributed by atoms with Crippen molar-refractivity contribution in [2.45, 2.75) is 33.8 Å². The summed E-state index contributed by atoms with van der Waals surface area (Å²) in [4.78, 5) is 16.2. The highest BCUT2D eigenvalue weighted by Crippen LogP contribution is 2.30. The van der Waals surface area contributed by atoms with Crippen molar-refractivity contribution < 1.29 is 23.8 Å². The highest BCUT2D eigenvalue weighted by molar-refractivity contribution is 5.77. The molecule has 0 saturated carbocycles. The highest BCUT2D eigenvalue weighted by Gasteiger charge is 2.15. The number of aliphatic carboxylic acids is 1. The van der Waals surface area contributed by atoms with Crippen LogP contribution in [-0.2, 0) is 24.2 Å². The number of terminal acetylenes is 1. The van der Waals surface area contributed by atoms with Gasteiger partial charge >= 0.3 is 5.97 Å². The van der Waals surface area contributed by atoms with Crippen LogP contribution in [0.5, 0.6) is 11.5 Å². The number of hydrogen-bond donors (Lipinski definition) is 1. The first kappa shape index (κ1) is 37.5. The van der Waals surface area contributed by atoms with Gasteiger partial charge in [-0.25, -0.2) is 4.98 Å². The molecule has 0 radical (unpaired) electrons. The molecule has 0 unspecified atom stereocenters. The quantitative estimate of drug-likeness (QED) is 0.128. The molecule has 7 rings (SSSR count). The van der Waals surface area contributed by atoms with Gasteiger partial charge < -0.3 is 23.6 Å². The third-order valence-corrected chi connectivity index (χ3v) is 8.22. The lowest BCUT2D eigenvalue weighted by Crippen LogP contribution is -2.03. The van der Waals surface area contributed by atoms with E-state index in [4.69, 9.17) is 20.3 Å². The summed E-state index contributed by atoms with van der Waals surface area (Å²) in [6.45, 7) is 2.92. The lowest BCUT2D eigenvalue weighted by atomic mass is 10.0. The topological polar surface area (TPSA) is 86.7 Å². The van der Waals surface area contributed by atoms with Crippen LogP contribution in [0, 0.1) is 19.3 Å². The van der Waals surface area contributed by atoms with E-state index in [1.165, 1.54) is 0 Å². The zero-order valence-corrected chi connectivity index (χ0v) is 28.8. The van der Waals surface area contributed by atoms with Gasteiger partial charge in [-0.3, -0.25) is 4.79 Å². The van der Waals surface area contributed by atoms with Gasteiger partial charge in [-0.15, -0.1) is 6.42 Å². The smallest absolute Gasteiger partial charge is 0.307 e. The van der Waals surface area contributed by atoms with Crippen LogP contribution in [0.1, 0.15) is 35.6 Å². The lowest BCUT2D eigenvalue weighted by molar-refractivity contribution is -0.136. The molecule has 0 bridgehead atoms. The molecule has 266 valence electrons. The third kappa shape index (κ3) is 10.4. The Kier molecular flexibility index (Phi) is 13.0. The van der Waals surface area contributed by atoms with Crippen molar-refractivity contribution in [2.75, 3.05) is 6.61 Å². The first-order valence-electron chi connectivity index (χ1n) is 16.9. The molecule has 2 aromatic heterocycles. The van der Waals surface area contributed by atoms with Gasteiger partial charge in [-0.1, -0.05) is 98.3 Å². The number of oxazole rings is 1. The maximum atomic E-state index is 11.5. The fourth-order valence-electron chi connectivity index (χ4n) is 5.61. The van der Waals surface area contributed by atoms with Crippen molar-refractivity contribution >= 4 is 5.97 Å². The molecule has 0 aliphatic heterocycles. The van der Waals surface area contributed by atoms with Crippen LogP contribution in [0.4, 0.5) is 0 Å². The molecular weight excluding hydrogens is 661 g/mol. The standard InChI is InChI=1S/C30H26N2O4.C15H12O.CH4/c1-21-28(31-30(36-21)22-9-4-2-5-10-22)15-16-35-26-14-8-11-23(17-26)27-20-32(19-24(27)18-29(33)34)25-12-6-3-7-13-25;1-2-13-9-6-10-15(11-13)16-12-14-7-4-3-5-8-14;/h2-14,17,19-20H,15-16,18H2,1H3,(H,33,34);1,3-11H,12H2;1H4. The van der Waals surface area contributed by atoms with Gasteiger partial charge in [0, 0.05) is 41.2 Å². The highest BCUT2D eigenvalue weighted by atomic mass is 16.5. The maximum absolute atomic E-state index is 11.5. The average Bonchev–Trinajstić information content (AvgIpc) is 3.78. The zero-order valence-electron chi connectivity index (χ0n) is 28.8. The Morgan fingerprint density at radius 1 is 0.792 bits per heavy atom. The molecule has 0 aliphatic rings. The second-order valence-electron chi connectivity index (χ2n) is 12.0. The van der Waals surface area contributed by atoms with Gasteiger partial charge in [0.05, 0.1) is 18.7 Å². The van der Waals surface area contributed by atoms with Crippen LogP contribution < -0.4 is 9.47 Å². The van der Waals surface area contributed by atoms with Crippen LogP contribution >= 0.6 is 0 Å². The molecular formula is C46H42N2O5. The molecule has 0 aliphatic carbocycles. The molecule has 0 amide bonds. The molecule has 7 heteroatoms. The number of rotatable bonds is 12. The summed E-state index contributed by atoms with van der Waals surface area (Å²) in [6.07, 6.45) is 9.72. The van der Waals surface area contributed by atoms with Gasteiger partial charge in [0.25, 0.3) is 0 Å². The monoisotopic (exact) mass is 702 g/mol. The van der Waals surface area contributed by atoms with Crippen LogP contribution in [0.25, 0.3) is 28.3 Å². The fraction of sp³-hybridized carbons (Fsp3) is 0.130. The number of hydrogen-bond acceptors (Lipinski definition) is 5. The number of carbonyl (C=O) groups is 1. The van der Waals surface area contributed by atoms with Crippen molar-refractivity contribution in [3.05, 3.63) is 180 Å². The minimum Gasteiger partial charge on any atom is -0.493 e. The summed E-state index contributed by atoms with van der Waals surface area (Å²) < 4.78 is 19.5. The van der Waals surface area contributed by atoms with E-state index < -0.39 is 5.97 Å². The third-order valence-electron chi connectivity index (χ3n) is 8.22. The largest absolute Gasteiger partial charge is 0.493 e. The molecule has 7 nitrogen and oxygen atoms in total. The molecule has 0 atom stereocenters. The molecule has 2 heterocycles. The Hall–Kier alpha value is -6.78. The Labute approximate surface area is 311 Å². The second-order valence-corrected chi connectivity index (χ2v) is 12.0. The first-order valence-corrected chi connectivity index (χ1v) is 16.9. The van der Waals surface area contributed by atoms with E-state index in [9.17, 15) is 9.90 Å². The summed E-state index contributed by atoms with van der Waals surface area (Å²) in [5.41, 5.74) is 7.29. The normalized spacial score (nSPS) is 10.3.